The van der Waals surface area contributed by atoms with Crippen LogP contribution in [0.1, 0.15) is 91.9 Å². The molecular formula is C23H38O2. The number of hydrogen-bond acceptors (Lipinski definition) is 2. The van der Waals surface area contributed by atoms with Crippen molar-refractivity contribution in [2.45, 2.75) is 98.0 Å². The Kier molecular flexibility index (Phi) is 4.48. The third kappa shape index (κ3) is 2.69. The molecule has 0 saturated heterocycles. The number of hydrogen-bond donors (Lipinski definition) is 0. The fourth-order valence-corrected chi connectivity index (χ4v) is 8.34. The van der Waals surface area contributed by atoms with Gasteiger partial charge in [0.15, 0.2) is 0 Å². The highest BCUT2D eigenvalue weighted by Crippen LogP contribution is 2.67. The summed E-state index contributed by atoms with van der Waals surface area (Å²) in [5.41, 5.74) is 1.14. The van der Waals surface area contributed by atoms with Gasteiger partial charge in [-0.05, 0) is 98.2 Å². The van der Waals surface area contributed by atoms with Crippen LogP contribution in [0.5, 0.6) is 0 Å². The van der Waals surface area contributed by atoms with Crippen molar-refractivity contribution in [1.29, 1.82) is 0 Å². The lowest BCUT2D eigenvalue weighted by Gasteiger charge is -2.61. The average molecular weight is 347 g/mol. The Morgan fingerprint density at radius 1 is 0.960 bits per heavy atom. The first-order valence-corrected chi connectivity index (χ1v) is 11.1. The van der Waals surface area contributed by atoms with Gasteiger partial charge in [0.25, 0.3) is 0 Å². The van der Waals surface area contributed by atoms with Crippen molar-refractivity contribution >= 4 is 5.97 Å². The second kappa shape index (κ2) is 6.27. The fraction of sp³-hybridized carbons (Fsp3) is 0.957. The van der Waals surface area contributed by atoms with Gasteiger partial charge in [0.2, 0.25) is 0 Å². The molecule has 25 heavy (non-hydrogen) atoms. The zero-order valence-electron chi connectivity index (χ0n) is 16.9. The van der Waals surface area contributed by atoms with E-state index in [1.807, 2.05) is 0 Å². The topological polar surface area (TPSA) is 26.3 Å². The number of carbonyl (C=O) groups excluding carboxylic acids is 1. The van der Waals surface area contributed by atoms with Crippen LogP contribution in [0, 0.1) is 40.4 Å². The molecule has 0 spiro atoms. The summed E-state index contributed by atoms with van der Waals surface area (Å²) in [6, 6.07) is 0. The standard InChI is InChI=1S/C23H38O2/c1-5-16-7-9-20-19-8-6-17-14-18(25-15(2)24)10-12-23(17,4)21(19)11-13-22(16,20)3/h16-21H,5-14H2,1-4H3/t16-,17-,18?,19?,20?,21?,22?,23?/m0/s1. The van der Waals surface area contributed by atoms with Crippen molar-refractivity contribution in [3.8, 4) is 0 Å². The van der Waals surface area contributed by atoms with E-state index in [0.717, 1.165) is 42.4 Å². The Labute approximate surface area is 154 Å². The molecule has 0 aliphatic heterocycles. The van der Waals surface area contributed by atoms with Gasteiger partial charge in [-0.25, -0.2) is 0 Å². The van der Waals surface area contributed by atoms with Crippen LogP contribution in [0.2, 0.25) is 0 Å². The maximum Gasteiger partial charge on any atom is 0.302 e. The molecule has 4 saturated carbocycles. The number of carbonyl (C=O) groups is 1. The third-order valence-electron chi connectivity index (χ3n) is 9.64. The van der Waals surface area contributed by atoms with Crippen LogP contribution in [-0.2, 0) is 9.53 Å². The van der Waals surface area contributed by atoms with Crippen LogP contribution in [0.3, 0.4) is 0 Å². The molecule has 142 valence electrons. The van der Waals surface area contributed by atoms with Gasteiger partial charge in [-0.1, -0.05) is 27.2 Å². The Bertz CT molecular complexity index is 528. The first-order valence-electron chi connectivity index (χ1n) is 11.1. The van der Waals surface area contributed by atoms with Crippen molar-refractivity contribution in [2.75, 3.05) is 0 Å². The van der Waals surface area contributed by atoms with Crippen molar-refractivity contribution in [1.82, 2.24) is 0 Å². The van der Waals surface area contributed by atoms with Crippen molar-refractivity contribution in [2.24, 2.45) is 40.4 Å². The number of fused-ring (bicyclic) bond motifs is 5. The van der Waals surface area contributed by atoms with Gasteiger partial charge in [0, 0.05) is 6.92 Å². The Hall–Kier alpha value is -0.530. The quantitative estimate of drug-likeness (QED) is 0.574. The number of ether oxygens (including phenoxy) is 1. The maximum absolute atomic E-state index is 11.4. The van der Waals surface area contributed by atoms with Crippen molar-refractivity contribution in [3.63, 3.8) is 0 Å². The average Bonchev–Trinajstić information content (AvgIpc) is 2.91. The molecule has 4 rings (SSSR count). The lowest BCUT2D eigenvalue weighted by atomic mass is 9.44. The monoisotopic (exact) mass is 346 g/mol. The summed E-state index contributed by atoms with van der Waals surface area (Å²) in [6.45, 7) is 9.23. The van der Waals surface area contributed by atoms with Gasteiger partial charge >= 0.3 is 5.97 Å². The molecule has 2 nitrogen and oxygen atoms in total. The molecule has 0 aromatic rings. The smallest absolute Gasteiger partial charge is 0.302 e. The number of esters is 1. The molecule has 0 radical (unpaired) electrons. The summed E-state index contributed by atoms with van der Waals surface area (Å²) in [5, 5.41) is 0. The van der Waals surface area contributed by atoms with Gasteiger partial charge < -0.3 is 4.74 Å². The summed E-state index contributed by atoms with van der Waals surface area (Å²) in [5.74, 6) is 4.55. The fourth-order valence-electron chi connectivity index (χ4n) is 8.34. The van der Waals surface area contributed by atoms with E-state index in [-0.39, 0.29) is 12.1 Å². The van der Waals surface area contributed by atoms with Crippen LogP contribution < -0.4 is 0 Å². The molecule has 6 unspecified atom stereocenters. The van der Waals surface area contributed by atoms with E-state index < -0.39 is 0 Å². The first-order chi connectivity index (χ1) is 11.9. The van der Waals surface area contributed by atoms with Gasteiger partial charge in [-0.15, -0.1) is 0 Å². The lowest BCUT2D eigenvalue weighted by Crippen LogP contribution is -2.54. The SMILES string of the molecule is CC[C@H]1CCC2C3CC[C@H]4CC(OC(C)=O)CCC4(C)C3CCC21C. The highest BCUT2D eigenvalue weighted by Gasteiger charge is 2.59. The molecule has 4 aliphatic carbocycles. The Balaban J connectivity index is 1.53. The molecule has 4 fully saturated rings. The lowest BCUT2D eigenvalue weighted by molar-refractivity contribution is -0.160. The van der Waals surface area contributed by atoms with Gasteiger partial charge in [0.05, 0.1) is 0 Å². The van der Waals surface area contributed by atoms with Crippen LogP contribution in [-0.4, -0.2) is 12.1 Å². The van der Waals surface area contributed by atoms with E-state index in [9.17, 15) is 4.79 Å². The molecule has 0 heterocycles. The minimum absolute atomic E-state index is 0.0905. The normalized spacial score (nSPS) is 52.0. The van der Waals surface area contributed by atoms with E-state index in [1.165, 1.54) is 51.4 Å². The van der Waals surface area contributed by atoms with Crippen molar-refractivity contribution in [3.05, 3.63) is 0 Å². The molecule has 2 heteroatoms. The predicted molar refractivity (Wildman–Crippen MR) is 101 cm³/mol. The highest BCUT2D eigenvalue weighted by atomic mass is 16.5. The zero-order chi connectivity index (χ0) is 17.8. The predicted octanol–water partition coefficient (Wildman–Crippen LogP) is 5.99. The van der Waals surface area contributed by atoms with Crippen molar-refractivity contribution < 1.29 is 9.53 Å². The van der Waals surface area contributed by atoms with E-state index in [1.54, 1.807) is 6.92 Å². The minimum atomic E-state index is -0.0905. The van der Waals surface area contributed by atoms with Gasteiger partial charge in [-0.2, -0.15) is 0 Å². The molecule has 4 aliphatic rings. The Morgan fingerprint density at radius 2 is 1.68 bits per heavy atom. The largest absolute Gasteiger partial charge is 0.463 e. The van der Waals surface area contributed by atoms with Crippen LogP contribution in [0.4, 0.5) is 0 Å². The van der Waals surface area contributed by atoms with Crippen LogP contribution in [0.15, 0.2) is 0 Å². The second-order valence-corrected chi connectivity index (χ2v) is 10.4. The van der Waals surface area contributed by atoms with E-state index in [2.05, 4.69) is 20.8 Å². The molecule has 0 aromatic heterocycles. The number of rotatable bonds is 2. The summed E-state index contributed by atoms with van der Waals surface area (Å²) < 4.78 is 5.60. The minimum Gasteiger partial charge on any atom is -0.463 e. The molecule has 0 bridgehead atoms. The van der Waals surface area contributed by atoms with Gasteiger partial charge in [0.1, 0.15) is 6.10 Å². The highest BCUT2D eigenvalue weighted by molar-refractivity contribution is 5.66. The Morgan fingerprint density at radius 3 is 2.40 bits per heavy atom. The molecule has 0 amide bonds. The zero-order valence-corrected chi connectivity index (χ0v) is 16.9. The summed E-state index contributed by atoms with van der Waals surface area (Å²) in [6.07, 6.45) is 13.8. The summed E-state index contributed by atoms with van der Waals surface area (Å²) in [4.78, 5) is 11.4. The van der Waals surface area contributed by atoms with Crippen LogP contribution in [0.25, 0.3) is 0 Å². The first kappa shape index (κ1) is 17.9. The van der Waals surface area contributed by atoms with Gasteiger partial charge in [-0.3, -0.25) is 4.79 Å². The van der Waals surface area contributed by atoms with E-state index in [0.29, 0.717) is 10.8 Å². The molecule has 0 aromatic carbocycles. The second-order valence-electron chi connectivity index (χ2n) is 10.4. The molecule has 8 atom stereocenters. The molecule has 0 N–H and O–H groups in total. The third-order valence-corrected chi connectivity index (χ3v) is 9.64. The van der Waals surface area contributed by atoms with E-state index in [4.69, 9.17) is 4.74 Å². The van der Waals surface area contributed by atoms with E-state index >= 15 is 0 Å². The molecular weight excluding hydrogens is 308 g/mol. The summed E-state index contributed by atoms with van der Waals surface area (Å²) >= 11 is 0. The summed E-state index contributed by atoms with van der Waals surface area (Å²) in [7, 11) is 0. The maximum atomic E-state index is 11.4. The van der Waals surface area contributed by atoms with Crippen LogP contribution >= 0.6 is 0 Å².